The van der Waals surface area contributed by atoms with Gasteiger partial charge in [0.05, 0.1) is 17.3 Å². The van der Waals surface area contributed by atoms with Crippen LogP contribution in [0.3, 0.4) is 0 Å². The molecule has 104 valence electrons. The van der Waals surface area contributed by atoms with E-state index >= 15 is 0 Å². The molecule has 0 saturated heterocycles. The highest BCUT2D eigenvalue weighted by molar-refractivity contribution is 5.86. The molecule has 0 spiro atoms. The second-order valence-electron chi connectivity index (χ2n) is 4.78. The van der Waals surface area contributed by atoms with Gasteiger partial charge >= 0.3 is 0 Å². The van der Waals surface area contributed by atoms with Gasteiger partial charge < -0.3 is 9.84 Å². The molecule has 0 radical (unpaired) electrons. The van der Waals surface area contributed by atoms with Crippen molar-refractivity contribution in [3.63, 3.8) is 0 Å². The zero-order valence-electron chi connectivity index (χ0n) is 11.9. The molecule has 3 aromatic rings. The molecule has 0 unspecified atom stereocenters. The Hall–Kier alpha value is -2.44. The minimum absolute atomic E-state index is 0.613. The van der Waals surface area contributed by atoms with Crippen LogP contribution in [0.25, 0.3) is 11.0 Å². The lowest BCUT2D eigenvalue weighted by Crippen LogP contribution is -2.05. The highest BCUT2D eigenvalue weighted by Gasteiger charge is 2.12. The topological polar surface area (TPSA) is 81.7 Å². The molecule has 0 atom stereocenters. The first-order chi connectivity index (χ1) is 9.56. The average molecular weight is 272 g/mol. The van der Waals surface area contributed by atoms with Gasteiger partial charge in [0.1, 0.15) is 17.4 Å². The second kappa shape index (κ2) is 4.59. The fraction of sp³-hybridized carbons (Fsp3) is 0.385. The van der Waals surface area contributed by atoms with Crippen molar-refractivity contribution in [3.05, 3.63) is 29.0 Å². The van der Waals surface area contributed by atoms with Crippen molar-refractivity contribution >= 4 is 16.9 Å². The van der Waals surface area contributed by atoms with Crippen LogP contribution in [0.5, 0.6) is 0 Å². The second-order valence-corrected chi connectivity index (χ2v) is 4.78. The fourth-order valence-corrected chi connectivity index (χ4v) is 2.19. The van der Waals surface area contributed by atoms with Crippen LogP contribution in [0, 0.1) is 20.8 Å². The monoisotopic (exact) mass is 272 g/mol. The molecule has 0 saturated carbocycles. The molecular weight excluding hydrogens is 256 g/mol. The van der Waals surface area contributed by atoms with Gasteiger partial charge in [-0.05, 0) is 20.8 Å². The minimum Gasteiger partial charge on any atom is -0.365 e. The summed E-state index contributed by atoms with van der Waals surface area (Å²) in [5.41, 5.74) is 2.76. The van der Waals surface area contributed by atoms with Crippen LogP contribution >= 0.6 is 0 Å². The first kappa shape index (κ1) is 12.6. The highest BCUT2D eigenvalue weighted by Crippen LogP contribution is 2.21. The summed E-state index contributed by atoms with van der Waals surface area (Å²) in [6.07, 6.45) is 1.77. The van der Waals surface area contributed by atoms with Crippen LogP contribution < -0.4 is 5.32 Å². The van der Waals surface area contributed by atoms with E-state index in [0.29, 0.717) is 12.4 Å². The Kier molecular flexibility index (Phi) is 2.89. The van der Waals surface area contributed by atoms with Crippen LogP contribution in [0.4, 0.5) is 5.82 Å². The average Bonchev–Trinajstić information content (AvgIpc) is 2.92. The van der Waals surface area contributed by atoms with Gasteiger partial charge in [-0.2, -0.15) is 5.10 Å². The highest BCUT2D eigenvalue weighted by atomic mass is 16.5. The Morgan fingerprint density at radius 2 is 2.05 bits per heavy atom. The predicted molar refractivity (Wildman–Crippen MR) is 74.3 cm³/mol. The van der Waals surface area contributed by atoms with Crippen LogP contribution in [0.2, 0.25) is 0 Å². The van der Waals surface area contributed by atoms with E-state index in [1.165, 1.54) is 0 Å². The minimum atomic E-state index is 0.613. The number of nitrogens with one attached hydrogen (secondary N) is 1. The molecule has 0 fully saturated rings. The first-order valence-corrected chi connectivity index (χ1v) is 6.38. The molecule has 20 heavy (non-hydrogen) atoms. The molecule has 0 bridgehead atoms. The maximum Gasteiger partial charge on any atom is 0.163 e. The predicted octanol–water partition coefficient (Wildman–Crippen LogP) is 1.89. The normalized spacial score (nSPS) is 11.2. The van der Waals surface area contributed by atoms with Gasteiger partial charge in [0.15, 0.2) is 5.65 Å². The van der Waals surface area contributed by atoms with E-state index in [9.17, 15) is 0 Å². The van der Waals surface area contributed by atoms with E-state index in [4.69, 9.17) is 4.52 Å². The van der Waals surface area contributed by atoms with Crippen molar-refractivity contribution in [2.45, 2.75) is 27.3 Å². The molecule has 0 amide bonds. The Balaban J connectivity index is 1.95. The van der Waals surface area contributed by atoms with Crippen LogP contribution in [-0.2, 0) is 13.6 Å². The van der Waals surface area contributed by atoms with Gasteiger partial charge in [0.25, 0.3) is 0 Å². The molecular formula is C13H16N6O. The number of rotatable bonds is 3. The van der Waals surface area contributed by atoms with Crippen molar-refractivity contribution in [1.82, 2.24) is 24.9 Å². The molecule has 3 aromatic heterocycles. The number of hydrogen-bond acceptors (Lipinski definition) is 6. The van der Waals surface area contributed by atoms with Gasteiger partial charge in [0, 0.05) is 19.2 Å². The molecule has 3 rings (SSSR count). The number of anilines is 1. The summed E-state index contributed by atoms with van der Waals surface area (Å²) in [6, 6.07) is 0. The standard InChI is InChI=1S/C13H16N6O/c1-7-10(8(2)20-18-7)5-14-12-11-6-15-19(4)13(11)17-9(3)16-12/h6H,5H2,1-4H3,(H,14,16,17). The van der Waals surface area contributed by atoms with E-state index in [1.54, 1.807) is 10.9 Å². The largest absolute Gasteiger partial charge is 0.365 e. The summed E-state index contributed by atoms with van der Waals surface area (Å²) in [6.45, 7) is 6.31. The van der Waals surface area contributed by atoms with Gasteiger partial charge in [-0.25, -0.2) is 9.97 Å². The van der Waals surface area contributed by atoms with E-state index in [2.05, 4.69) is 25.5 Å². The van der Waals surface area contributed by atoms with Crippen LogP contribution in [-0.4, -0.2) is 24.9 Å². The molecule has 3 heterocycles. The molecule has 7 nitrogen and oxygen atoms in total. The quantitative estimate of drug-likeness (QED) is 0.784. The van der Waals surface area contributed by atoms with Crippen molar-refractivity contribution in [2.24, 2.45) is 7.05 Å². The zero-order chi connectivity index (χ0) is 14.3. The third kappa shape index (κ3) is 2.01. The van der Waals surface area contributed by atoms with Crippen LogP contribution in [0.1, 0.15) is 22.8 Å². The lowest BCUT2D eigenvalue weighted by molar-refractivity contribution is 0.392. The lowest BCUT2D eigenvalue weighted by atomic mass is 10.2. The van der Waals surface area contributed by atoms with Crippen molar-refractivity contribution in [2.75, 3.05) is 5.32 Å². The Morgan fingerprint density at radius 3 is 2.75 bits per heavy atom. The summed E-state index contributed by atoms with van der Waals surface area (Å²) in [5.74, 6) is 2.31. The Bertz CT molecular complexity index is 753. The summed E-state index contributed by atoms with van der Waals surface area (Å²) < 4.78 is 6.90. The molecule has 0 aromatic carbocycles. The van der Waals surface area contributed by atoms with Crippen LogP contribution in [0.15, 0.2) is 10.7 Å². The van der Waals surface area contributed by atoms with Gasteiger partial charge in [0.2, 0.25) is 0 Å². The number of aryl methyl sites for hydroxylation is 4. The van der Waals surface area contributed by atoms with Gasteiger partial charge in [-0.15, -0.1) is 0 Å². The summed E-state index contributed by atoms with van der Waals surface area (Å²) >= 11 is 0. The first-order valence-electron chi connectivity index (χ1n) is 6.38. The fourth-order valence-electron chi connectivity index (χ4n) is 2.19. The maximum absolute atomic E-state index is 5.16. The number of hydrogen-bond donors (Lipinski definition) is 1. The molecule has 1 N–H and O–H groups in total. The number of aromatic nitrogens is 5. The number of nitrogens with zero attached hydrogens (tertiary/aromatic N) is 5. The summed E-state index contributed by atoms with van der Waals surface area (Å²) in [7, 11) is 1.87. The molecule has 7 heteroatoms. The third-order valence-electron chi connectivity index (χ3n) is 3.32. The molecule has 0 aliphatic rings. The zero-order valence-corrected chi connectivity index (χ0v) is 11.9. The summed E-state index contributed by atoms with van der Waals surface area (Å²) in [5, 5.41) is 12.4. The Morgan fingerprint density at radius 1 is 1.25 bits per heavy atom. The van der Waals surface area contributed by atoms with E-state index in [1.807, 2.05) is 27.8 Å². The van der Waals surface area contributed by atoms with Crippen molar-refractivity contribution in [3.8, 4) is 0 Å². The smallest absolute Gasteiger partial charge is 0.163 e. The Labute approximate surface area is 116 Å². The van der Waals surface area contributed by atoms with Gasteiger partial charge in [-0.3, -0.25) is 4.68 Å². The van der Waals surface area contributed by atoms with Crippen molar-refractivity contribution in [1.29, 1.82) is 0 Å². The maximum atomic E-state index is 5.16. The number of fused-ring (bicyclic) bond motifs is 1. The van der Waals surface area contributed by atoms with E-state index < -0.39 is 0 Å². The van der Waals surface area contributed by atoms with E-state index in [-0.39, 0.29) is 0 Å². The molecule has 0 aliphatic heterocycles. The molecule has 0 aliphatic carbocycles. The van der Waals surface area contributed by atoms with Crippen molar-refractivity contribution < 1.29 is 4.52 Å². The third-order valence-corrected chi connectivity index (χ3v) is 3.32. The SMILES string of the molecule is Cc1nc(NCc2c(C)noc2C)c2cnn(C)c2n1. The van der Waals surface area contributed by atoms with Gasteiger partial charge in [-0.1, -0.05) is 5.16 Å². The lowest BCUT2D eigenvalue weighted by Gasteiger charge is -2.07. The van der Waals surface area contributed by atoms with E-state index in [0.717, 1.165) is 33.9 Å². The summed E-state index contributed by atoms with van der Waals surface area (Å²) in [4.78, 5) is 8.84.